The molecular weight excluding hydrogens is 360 g/mol. The molecule has 0 unspecified atom stereocenters. The first-order chi connectivity index (χ1) is 13.0. The molecule has 1 aromatic carbocycles. The number of fused-ring (bicyclic) bond motifs is 1. The number of para-hydroxylation sites is 1. The molecule has 140 valence electrons. The fraction of sp³-hybridized carbons (Fsp3) is 0.368. The van der Waals surface area contributed by atoms with Gasteiger partial charge in [0.15, 0.2) is 0 Å². The van der Waals surface area contributed by atoms with Crippen molar-refractivity contribution in [1.82, 2.24) is 19.9 Å². The van der Waals surface area contributed by atoms with E-state index >= 15 is 0 Å². The van der Waals surface area contributed by atoms with Gasteiger partial charge in [0.2, 0.25) is 5.95 Å². The second kappa shape index (κ2) is 7.11. The van der Waals surface area contributed by atoms with Crippen LogP contribution in [0, 0.1) is 0 Å². The lowest BCUT2D eigenvalue weighted by atomic mass is 10.2. The highest BCUT2D eigenvalue weighted by Crippen LogP contribution is 2.26. The molecule has 8 heteroatoms. The summed E-state index contributed by atoms with van der Waals surface area (Å²) in [6, 6.07) is 8.11. The van der Waals surface area contributed by atoms with E-state index in [1.54, 1.807) is 10.9 Å². The first kappa shape index (κ1) is 17.7. The number of nitrogens with zero attached hydrogens (tertiary/aromatic N) is 6. The predicted molar refractivity (Wildman–Crippen MR) is 109 cm³/mol. The quantitative estimate of drug-likeness (QED) is 0.693. The first-order valence-corrected chi connectivity index (χ1v) is 9.87. The third kappa shape index (κ3) is 3.32. The Morgan fingerprint density at radius 3 is 2.74 bits per heavy atom. The van der Waals surface area contributed by atoms with Gasteiger partial charge in [0.05, 0.1) is 11.0 Å². The van der Waals surface area contributed by atoms with Gasteiger partial charge in [-0.15, -0.1) is 11.3 Å². The molecule has 7 nitrogen and oxygen atoms in total. The van der Waals surface area contributed by atoms with E-state index in [-0.39, 0.29) is 11.9 Å². The van der Waals surface area contributed by atoms with Gasteiger partial charge in [-0.05, 0) is 19.1 Å². The summed E-state index contributed by atoms with van der Waals surface area (Å²) in [7, 11) is 3.98. The van der Waals surface area contributed by atoms with E-state index in [1.807, 2.05) is 48.2 Å². The van der Waals surface area contributed by atoms with E-state index in [0.29, 0.717) is 31.3 Å². The molecule has 1 fully saturated rings. The minimum atomic E-state index is -0.00295. The molecule has 0 N–H and O–H groups in total. The number of hydrogen-bond acceptors (Lipinski definition) is 7. The van der Waals surface area contributed by atoms with Crippen molar-refractivity contribution in [2.75, 3.05) is 43.5 Å². The van der Waals surface area contributed by atoms with E-state index in [0.717, 1.165) is 16.7 Å². The Bertz CT molecular complexity index is 958. The summed E-state index contributed by atoms with van der Waals surface area (Å²) in [5, 5.41) is 2.84. The summed E-state index contributed by atoms with van der Waals surface area (Å²) in [4.78, 5) is 32.4. The topological polar surface area (TPSA) is 65.5 Å². The molecule has 0 saturated carbocycles. The van der Waals surface area contributed by atoms with E-state index in [4.69, 9.17) is 9.97 Å². The molecule has 0 bridgehead atoms. The van der Waals surface area contributed by atoms with Crippen LogP contribution in [-0.4, -0.2) is 65.5 Å². The summed E-state index contributed by atoms with van der Waals surface area (Å²) in [6.45, 7) is 4.09. The van der Waals surface area contributed by atoms with Crippen LogP contribution in [0.3, 0.4) is 0 Å². The van der Waals surface area contributed by atoms with Crippen LogP contribution < -0.4 is 9.80 Å². The van der Waals surface area contributed by atoms with Crippen molar-refractivity contribution in [2.45, 2.75) is 13.0 Å². The number of piperazine rings is 1. The van der Waals surface area contributed by atoms with Crippen LogP contribution in [0.4, 0.5) is 11.8 Å². The summed E-state index contributed by atoms with van der Waals surface area (Å²) in [5.74, 6) is 1.62. The highest BCUT2D eigenvalue weighted by atomic mass is 32.1. The Hall–Kier alpha value is -2.74. The van der Waals surface area contributed by atoms with Gasteiger partial charge in [0, 0.05) is 50.5 Å². The Morgan fingerprint density at radius 1 is 1.22 bits per heavy atom. The smallest absolute Gasteiger partial charge is 0.273 e. The molecule has 3 aromatic rings. The maximum Gasteiger partial charge on any atom is 0.273 e. The molecule has 1 aliphatic rings. The van der Waals surface area contributed by atoms with Crippen LogP contribution in [-0.2, 0) is 0 Å². The number of carbonyl (C=O) groups excluding carboxylic acids is 1. The Balaban J connectivity index is 1.59. The van der Waals surface area contributed by atoms with Crippen LogP contribution in [0.1, 0.15) is 17.4 Å². The second-order valence-corrected chi connectivity index (χ2v) is 7.64. The molecule has 1 aliphatic heterocycles. The largest absolute Gasteiger partial charge is 0.362 e. The fourth-order valence-corrected chi connectivity index (χ4v) is 3.96. The standard InChI is InChI=1S/C19H22N6OS/c1-13-10-24(8-9-25(13)18(26)16-11-27-12-20-16)19-21-15-7-5-4-6-14(15)17(22-19)23(2)3/h4-7,11-13H,8-10H2,1-3H3/t13-/m0/s1. The number of thiazole rings is 1. The molecule has 2 aromatic heterocycles. The number of rotatable bonds is 3. The van der Waals surface area contributed by atoms with E-state index in [2.05, 4.69) is 16.8 Å². The van der Waals surface area contributed by atoms with Gasteiger partial charge in [0.1, 0.15) is 11.5 Å². The van der Waals surface area contributed by atoms with Crippen molar-refractivity contribution in [3.05, 3.63) is 40.8 Å². The highest BCUT2D eigenvalue weighted by Gasteiger charge is 2.30. The summed E-state index contributed by atoms with van der Waals surface area (Å²) in [5.41, 5.74) is 3.15. The Labute approximate surface area is 162 Å². The maximum atomic E-state index is 12.6. The summed E-state index contributed by atoms with van der Waals surface area (Å²) in [6.07, 6.45) is 0. The minimum Gasteiger partial charge on any atom is -0.362 e. The average molecular weight is 382 g/mol. The monoisotopic (exact) mass is 382 g/mol. The molecule has 0 radical (unpaired) electrons. The van der Waals surface area contributed by atoms with Gasteiger partial charge < -0.3 is 14.7 Å². The SMILES string of the molecule is C[C@H]1CN(c2nc(N(C)C)c3ccccc3n2)CCN1C(=O)c1cscn1. The fourth-order valence-electron chi connectivity index (χ4n) is 3.44. The number of hydrogen-bond donors (Lipinski definition) is 0. The first-order valence-electron chi connectivity index (χ1n) is 8.93. The van der Waals surface area contributed by atoms with Gasteiger partial charge in [-0.3, -0.25) is 4.79 Å². The highest BCUT2D eigenvalue weighted by molar-refractivity contribution is 7.07. The molecule has 0 spiro atoms. The molecule has 4 rings (SSSR count). The number of aromatic nitrogens is 3. The minimum absolute atomic E-state index is 0.00295. The van der Waals surface area contributed by atoms with Crippen LogP contribution >= 0.6 is 11.3 Å². The van der Waals surface area contributed by atoms with Crippen LogP contribution in [0.25, 0.3) is 10.9 Å². The third-order valence-electron chi connectivity index (χ3n) is 4.82. The second-order valence-electron chi connectivity index (χ2n) is 6.93. The van der Waals surface area contributed by atoms with Crippen molar-refractivity contribution in [1.29, 1.82) is 0 Å². The van der Waals surface area contributed by atoms with Crippen molar-refractivity contribution in [3.8, 4) is 0 Å². The molecule has 1 saturated heterocycles. The van der Waals surface area contributed by atoms with Gasteiger partial charge >= 0.3 is 0 Å². The van der Waals surface area contributed by atoms with Crippen molar-refractivity contribution < 1.29 is 4.79 Å². The zero-order chi connectivity index (χ0) is 19.0. The molecule has 1 amide bonds. The number of carbonyl (C=O) groups is 1. The van der Waals surface area contributed by atoms with Gasteiger partial charge in [-0.1, -0.05) is 12.1 Å². The molecule has 3 heterocycles. The molecule has 0 aliphatic carbocycles. The van der Waals surface area contributed by atoms with Gasteiger partial charge in [0.25, 0.3) is 5.91 Å². The molecule has 27 heavy (non-hydrogen) atoms. The van der Waals surface area contributed by atoms with Crippen LogP contribution in [0.2, 0.25) is 0 Å². The van der Waals surface area contributed by atoms with Gasteiger partial charge in [-0.25, -0.2) is 9.97 Å². The summed E-state index contributed by atoms with van der Waals surface area (Å²) < 4.78 is 0. The molecule has 1 atom stereocenters. The molecular formula is C19H22N6OS. The lowest BCUT2D eigenvalue weighted by molar-refractivity contribution is 0.0668. The van der Waals surface area contributed by atoms with E-state index < -0.39 is 0 Å². The predicted octanol–water partition coefficient (Wildman–Crippen LogP) is 2.50. The maximum absolute atomic E-state index is 12.6. The lowest BCUT2D eigenvalue weighted by Gasteiger charge is -2.39. The lowest BCUT2D eigenvalue weighted by Crippen LogP contribution is -2.54. The van der Waals surface area contributed by atoms with Crippen LogP contribution in [0.5, 0.6) is 0 Å². The van der Waals surface area contributed by atoms with Crippen molar-refractivity contribution >= 4 is 39.9 Å². The Morgan fingerprint density at radius 2 is 2.04 bits per heavy atom. The zero-order valence-electron chi connectivity index (χ0n) is 15.7. The third-order valence-corrected chi connectivity index (χ3v) is 5.40. The average Bonchev–Trinajstić information content (AvgIpc) is 3.21. The van der Waals surface area contributed by atoms with Crippen LogP contribution in [0.15, 0.2) is 35.2 Å². The zero-order valence-corrected chi connectivity index (χ0v) is 16.5. The Kier molecular flexibility index (Phi) is 4.65. The van der Waals surface area contributed by atoms with E-state index in [1.165, 1.54) is 11.3 Å². The van der Waals surface area contributed by atoms with E-state index in [9.17, 15) is 4.79 Å². The number of anilines is 2. The van der Waals surface area contributed by atoms with Crippen molar-refractivity contribution in [2.24, 2.45) is 0 Å². The van der Waals surface area contributed by atoms with Crippen molar-refractivity contribution in [3.63, 3.8) is 0 Å². The number of amides is 1. The van der Waals surface area contributed by atoms with Gasteiger partial charge in [-0.2, -0.15) is 4.98 Å². The summed E-state index contributed by atoms with van der Waals surface area (Å²) >= 11 is 1.44. The normalized spacial score (nSPS) is 17.4. The number of benzene rings is 1.